The summed E-state index contributed by atoms with van der Waals surface area (Å²) in [4.78, 5) is 16.0. The summed E-state index contributed by atoms with van der Waals surface area (Å²) in [6.45, 7) is 6.03. The molecule has 142 valence electrons. The van der Waals surface area contributed by atoms with Gasteiger partial charge in [0, 0.05) is 24.2 Å². The van der Waals surface area contributed by atoms with Crippen LogP contribution in [0.2, 0.25) is 0 Å². The zero-order chi connectivity index (χ0) is 18.1. The number of piperidine rings is 1. The molecule has 0 amide bonds. The van der Waals surface area contributed by atoms with Crippen LogP contribution in [0, 0.1) is 12.8 Å². The van der Waals surface area contributed by atoms with E-state index in [1.165, 1.54) is 36.1 Å². The zero-order valence-corrected chi connectivity index (χ0v) is 16.4. The molecule has 3 heterocycles. The number of hydrogen-bond acceptors (Lipinski definition) is 6. The van der Waals surface area contributed by atoms with Crippen molar-refractivity contribution in [1.82, 2.24) is 5.32 Å². The summed E-state index contributed by atoms with van der Waals surface area (Å²) in [7, 11) is 1.45. The van der Waals surface area contributed by atoms with Crippen LogP contribution in [0.3, 0.4) is 0 Å². The minimum absolute atomic E-state index is 0.251. The van der Waals surface area contributed by atoms with Crippen molar-refractivity contribution >= 4 is 23.4 Å². The van der Waals surface area contributed by atoms with E-state index < -0.39 is 0 Å². The summed E-state index contributed by atoms with van der Waals surface area (Å²) in [5, 5.41) is 3.95. The molecular formula is C20H28N2O3S. The molecule has 2 fully saturated rings. The Kier molecular flexibility index (Phi) is 5.43. The van der Waals surface area contributed by atoms with Crippen molar-refractivity contribution in [3.05, 3.63) is 23.3 Å². The Balaban J connectivity index is 1.71. The van der Waals surface area contributed by atoms with Gasteiger partial charge >= 0.3 is 5.97 Å². The average Bonchev–Trinajstić information content (AvgIpc) is 3.09. The van der Waals surface area contributed by atoms with Crippen LogP contribution in [0.25, 0.3) is 0 Å². The van der Waals surface area contributed by atoms with Gasteiger partial charge in [-0.1, -0.05) is 11.8 Å². The lowest BCUT2D eigenvalue weighted by molar-refractivity contribution is 0.0600. The van der Waals surface area contributed by atoms with E-state index in [2.05, 4.69) is 17.1 Å². The number of anilines is 1. The van der Waals surface area contributed by atoms with Crippen molar-refractivity contribution in [2.75, 3.05) is 38.3 Å². The monoisotopic (exact) mass is 376 g/mol. The normalized spacial score (nSPS) is 24.5. The highest BCUT2D eigenvalue weighted by Crippen LogP contribution is 2.51. The van der Waals surface area contributed by atoms with Crippen LogP contribution in [0.1, 0.15) is 41.6 Å². The SMILES string of the molecule is COC(=O)c1cc(C)c2c(c1)SC(C1CCNCC1)N2C1CCOCC1. The Labute approximate surface area is 159 Å². The molecule has 0 saturated carbocycles. The smallest absolute Gasteiger partial charge is 0.337 e. The van der Waals surface area contributed by atoms with E-state index in [4.69, 9.17) is 9.47 Å². The highest BCUT2D eigenvalue weighted by Gasteiger charge is 2.41. The van der Waals surface area contributed by atoms with E-state index in [1.807, 2.05) is 23.9 Å². The zero-order valence-electron chi connectivity index (χ0n) is 15.6. The summed E-state index contributed by atoms with van der Waals surface area (Å²) in [5.74, 6) is 0.428. The summed E-state index contributed by atoms with van der Waals surface area (Å²) in [6.07, 6.45) is 4.60. The van der Waals surface area contributed by atoms with Gasteiger partial charge < -0.3 is 19.7 Å². The summed E-state index contributed by atoms with van der Waals surface area (Å²) >= 11 is 1.95. The first-order valence-electron chi connectivity index (χ1n) is 9.65. The molecule has 1 aromatic rings. The van der Waals surface area contributed by atoms with Gasteiger partial charge in [-0.3, -0.25) is 0 Å². The lowest BCUT2D eigenvalue weighted by Crippen LogP contribution is -2.48. The van der Waals surface area contributed by atoms with Crippen LogP contribution in [0.4, 0.5) is 5.69 Å². The molecule has 6 heteroatoms. The Hall–Kier alpha value is -1.24. The molecule has 0 aliphatic carbocycles. The van der Waals surface area contributed by atoms with Crippen molar-refractivity contribution in [2.24, 2.45) is 5.92 Å². The third-order valence-corrected chi connectivity index (χ3v) is 7.26. The number of nitrogens with zero attached hydrogens (tertiary/aromatic N) is 1. The number of ether oxygens (including phenoxy) is 2. The fourth-order valence-electron chi connectivity index (χ4n) is 4.52. The van der Waals surface area contributed by atoms with Gasteiger partial charge in [-0.2, -0.15) is 0 Å². The number of nitrogens with one attached hydrogen (secondary N) is 1. The third kappa shape index (κ3) is 3.35. The Morgan fingerprint density at radius 1 is 1.23 bits per heavy atom. The van der Waals surface area contributed by atoms with Crippen LogP contribution in [0.5, 0.6) is 0 Å². The van der Waals surface area contributed by atoms with Gasteiger partial charge in [0.15, 0.2) is 0 Å². The number of fused-ring (bicyclic) bond motifs is 1. The fourth-order valence-corrected chi connectivity index (χ4v) is 6.21. The molecule has 2 saturated heterocycles. The summed E-state index contributed by atoms with van der Waals surface area (Å²) < 4.78 is 10.6. The number of benzene rings is 1. The Morgan fingerprint density at radius 2 is 1.96 bits per heavy atom. The molecule has 1 atom stereocenters. The summed E-state index contributed by atoms with van der Waals surface area (Å²) in [6, 6.07) is 4.55. The van der Waals surface area contributed by atoms with Gasteiger partial charge in [-0.15, -0.1) is 0 Å². The van der Waals surface area contributed by atoms with E-state index in [0.29, 0.717) is 22.9 Å². The second-order valence-electron chi connectivity index (χ2n) is 7.48. The molecule has 1 aromatic carbocycles. The van der Waals surface area contributed by atoms with E-state index in [1.54, 1.807) is 0 Å². The minimum atomic E-state index is -0.251. The first kappa shape index (κ1) is 18.1. The van der Waals surface area contributed by atoms with E-state index in [-0.39, 0.29) is 5.97 Å². The molecule has 1 unspecified atom stereocenters. The van der Waals surface area contributed by atoms with Crippen molar-refractivity contribution in [3.8, 4) is 0 Å². The second kappa shape index (κ2) is 7.79. The highest BCUT2D eigenvalue weighted by atomic mass is 32.2. The van der Waals surface area contributed by atoms with Crippen molar-refractivity contribution < 1.29 is 14.3 Å². The quantitative estimate of drug-likeness (QED) is 0.818. The summed E-state index contributed by atoms with van der Waals surface area (Å²) in [5.41, 5.74) is 3.17. The van der Waals surface area contributed by atoms with Crippen LogP contribution in [-0.4, -0.2) is 50.8 Å². The predicted molar refractivity (Wildman–Crippen MR) is 104 cm³/mol. The van der Waals surface area contributed by atoms with Gasteiger partial charge in [-0.05, 0) is 69.3 Å². The topological polar surface area (TPSA) is 50.8 Å². The van der Waals surface area contributed by atoms with E-state index >= 15 is 0 Å². The molecule has 5 nitrogen and oxygen atoms in total. The number of rotatable bonds is 3. The first-order valence-corrected chi connectivity index (χ1v) is 10.5. The predicted octanol–water partition coefficient (Wildman–Crippen LogP) is 3.20. The van der Waals surface area contributed by atoms with E-state index in [0.717, 1.165) is 39.1 Å². The highest BCUT2D eigenvalue weighted by molar-refractivity contribution is 8.00. The molecule has 0 bridgehead atoms. The fraction of sp³-hybridized carbons (Fsp3) is 0.650. The van der Waals surface area contributed by atoms with Crippen molar-refractivity contribution in [2.45, 2.75) is 48.9 Å². The third-order valence-electron chi connectivity index (χ3n) is 5.84. The maximum absolute atomic E-state index is 12.1. The molecule has 0 spiro atoms. The molecule has 1 N–H and O–H groups in total. The van der Waals surface area contributed by atoms with Gasteiger partial charge in [0.2, 0.25) is 0 Å². The molecule has 3 aliphatic rings. The standard InChI is InChI=1S/C20H28N2O3S/c1-13-11-15(20(23)24-2)12-17-18(13)22(16-5-9-25-10-6-16)19(26-17)14-3-7-21-8-4-14/h11-12,14,16,19,21H,3-10H2,1-2H3. The largest absolute Gasteiger partial charge is 0.465 e. The Bertz CT molecular complexity index is 669. The molecule has 4 rings (SSSR count). The molecule has 0 radical (unpaired) electrons. The second-order valence-corrected chi connectivity index (χ2v) is 8.64. The van der Waals surface area contributed by atoms with Gasteiger partial charge in [0.1, 0.15) is 0 Å². The van der Waals surface area contributed by atoms with E-state index in [9.17, 15) is 4.79 Å². The number of carbonyl (C=O) groups excluding carboxylic acids is 1. The average molecular weight is 377 g/mol. The maximum Gasteiger partial charge on any atom is 0.337 e. The maximum atomic E-state index is 12.1. The van der Waals surface area contributed by atoms with Crippen LogP contribution in [-0.2, 0) is 9.47 Å². The molecule has 26 heavy (non-hydrogen) atoms. The lowest BCUT2D eigenvalue weighted by atomic mass is 9.94. The van der Waals surface area contributed by atoms with Crippen LogP contribution < -0.4 is 10.2 Å². The minimum Gasteiger partial charge on any atom is -0.465 e. The van der Waals surface area contributed by atoms with Gasteiger partial charge in [0.05, 0.1) is 23.7 Å². The van der Waals surface area contributed by atoms with Crippen LogP contribution in [0.15, 0.2) is 17.0 Å². The Morgan fingerprint density at radius 3 is 2.65 bits per heavy atom. The van der Waals surface area contributed by atoms with Gasteiger partial charge in [0.25, 0.3) is 0 Å². The molecular weight excluding hydrogens is 348 g/mol. The lowest BCUT2D eigenvalue weighted by Gasteiger charge is -2.41. The number of hydrogen-bond donors (Lipinski definition) is 1. The molecule has 3 aliphatic heterocycles. The number of carbonyl (C=O) groups is 1. The molecule has 0 aromatic heterocycles. The van der Waals surface area contributed by atoms with Crippen LogP contribution >= 0.6 is 11.8 Å². The van der Waals surface area contributed by atoms with Crippen molar-refractivity contribution in [1.29, 1.82) is 0 Å². The number of aryl methyl sites for hydroxylation is 1. The van der Waals surface area contributed by atoms with Crippen molar-refractivity contribution in [3.63, 3.8) is 0 Å². The first-order chi connectivity index (χ1) is 12.7. The number of thioether (sulfide) groups is 1. The van der Waals surface area contributed by atoms with Gasteiger partial charge in [-0.25, -0.2) is 4.79 Å². The number of esters is 1. The number of methoxy groups -OCH3 is 1.